The van der Waals surface area contributed by atoms with Gasteiger partial charge in [0.2, 0.25) is 6.33 Å². The van der Waals surface area contributed by atoms with E-state index in [-0.39, 0.29) is 16.7 Å². The number of aromatic nitrogens is 2. The number of nitrogens with zero attached hydrogens (tertiary/aromatic N) is 1. The van der Waals surface area contributed by atoms with Gasteiger partial charge in [-0.05, 0) is 65.0 Å². The van der Waals surface area contributed by atoms with Crippen molar-refractivity contribution in [1.82, 2.24) is 10.3 Å². The van der Waals surface area contributed by atoms with E-state index in [1.54, 1.807) is 6.07 Å². The van der Waals surface area contributed by atoms with Crippen molar-refractivity contribution in [3.63, 3.8) is 0 Å². The van der Waals surface area contributed by atoms with E-state index in [0.29, 0.717) is 18.7 Å². The van der Waals surface area contributed by atoms with E-state index in [0.717, 1.165) is 18.7 Å². The maximum atomic E-state index is 12.5. The fraction of sp³-hybridized carbons (Fsp3) is 0.481. The molecule has 0 spiro atoms. The third-order valence-electron chi connectivity index (χ3n) is 7.04. The van der Waals surface area contributed by atoms with Crippen LogP contribution in [0.4, 0.5) is 0 Å². The lowest BCUT2D eigenvalue weighted by Gasteiger charge is -2.42. The normalized spacial score (nSPS) is 16.5. The van der Waals surface area contributed by atoms with Crippen molar-refractivity contribution in [1.29, 1.82) is 0 Å². The molecule has 2 N–H and O–H groups in total. The molecule has 5 nitrogen and oxygen atoms in total. The Bertz CT molecular complexity index is 1090. The van der Waals surface area contributed by atoms with E-state index in [4.69, 9.17) is 4.42 Å². The van der Waals surface area contributed by atoms with Crippen LogP contribution < -0.4 is 9.88 Å². The molecule has 4 rings (SSSR count). The molecule has 1 aliphatic carbocycles. The third kappa shape index (κ3) is 4.67. The second-order valence-corrected chi connectivity index (χ2v) is 10.5. The average Bonchev–Trinajstić information content (AvgIpc) is 3.42. The molecule has 0 fully saturated rings. The van der Waals surface area contributed by atoms with E-state index < -0.39 is 0 Å². The number of amides is 1. The Morgan fingerprint density at radius 3 is 2.53 bits per heavy atom. The molecular formula is C27H36N3O2+. The lowest BCUT2D eigenvalue weighted by molar-refractivity contribution is -0.695. The van der Waals surface area contributed by atoms with Gasteiger partial charge in [-0.1, -0.05) is 39.8 Å². The van der Waals surface area contributed by atoms with Crippen molar-refractivity contribution < 1.29 is 13.8 Å². The summed E-state index contributed by atoms with van der Waals surface area (Å²) in [6, 6.07) is 8.47. The quantitative estimate of drug-likeness (QED) is 0.408. The number of H-pyrrole nitrogens is 1. The number of carbonyl (C=O) groups is 1. The SMILES string of the molecule is Cc1cc2c(cc1Cc1ccc(C(=O)NCCC[n+]3cc[nH]c3)o1)C(C)(C)CCC2(C)C. The molecule has 0 bridgehead atoms. The van der Waals surface area contributed by atoms with Crippen molar-refractivity contribution in [3.05, 3.63) is 76.8 Å². The first-order valence-electron chi connectivity index (χ1n) is 11.7. The minimum absolute atomic E-state index is 0.152. The number of hydrogen-bond donors (Lipinski definition) is 2. The number of nitrogens with one attached hydrogen (secondary N) is 2. The molecule has 0 unspecified atom stereocenters. The van der Waals surface area contributed by atoms with E-state index >= 15 is 0 Å². The molecule has 0 saturated heterocycles. The highest BCUT2D eigenvalue weighted by Crippen LogP contribution is 2.46. The predicted molar refractivity (Wildman–Crippen MR) is 126 cm³/mol. The molecule has 1 aromatic carbocycles. The largest absolute Gasteiger partial charge is 0.456 e. The van der Waals surface area contributed by atoms with Gasteiger partial charge in [0.1, 0.15) is 18.2 Å². The lowest BCUT2D eigenvalue weighted by Crippen LogP contribution is -2.34. The minimum atomic E-state index is -0.152. The van der Waals surface area contributed by atoms with E-state index in [1.165, 1.54) is 35.1 Å². The molecule has 170 valence electrons. The van der Waals surface area contributed by atoms with Crippen molar-refractivity contribution in [3.8, 4) is 0 Å². The summed E-state index contributed by atoms with van der Waals surface area (Å²) in [6.07, 6.45) is 9.75. The second kappa shape index (κ2) is 8.61. The van der Waals surface area contributed by atoms with Gasteiger partial charge in [-0.25, -0.2) is 4.57 Å². The van der Waals surface area contributed by atoms with E-state index in [9.17, 15) is 4.79 Å². The predicted octanol–water partition coefficient (Wildman–Crippen LogP) is 4.96. The molecule has 0 aliphatic heterocycles. The highest BCUT2D eigenvalue weighted by Gasteiger charge is 2.37. The molecule has 1 aliphatic rings. The molecule has 3 aromatic rings. The van der Waals surface area contributed by atoms with Gasteiger partial charge < -0.3 is 9.73 Å². The van der Waals surface area contributed by atoms with Crippen LogP contribution in [0.2, 0.25) is 0 Å². The van der Waals surface area contributed by atoms with Crippen molar-refractivity contribution in [2.24, 2.45) is 0 Å². The Hall–Kier alpha value is -2.82. The maximum absolute atomic E-state index is 12.5. The summed E-state index contributed by atoms with van der Waals surface area (Å²) in [4.78, 5) is 15.5. The van der Waals surface area contributed by atoms with Crippen molar-refractivity contribution in [2.45, 2.75) is 77.7 Å². The molecule has 32 heavy (non-hydrogen) atoms. The first-order valence-corrected chi connectivity index (χ1v) is 11.7. The van der Waals surface area contributed by atoms with Gasteiger partial charge in [0.05, 0.1) is 6.54 Å². The van der Waals surface area contributed by atoms with Crippen LogP contribution in [0.15, 0.2) is 47.4 Å². The highest BCUT2D eigenvalue weighted by molar-refractivity contribution is 5.91. The zero-order valence-corrected chi connectivity index (χ0v) is 20.0. The standard InChI is InChI=1S/C27H35N3O2/c1-19-15-22-23(27(4,5)10-9-26(22,2)3)17-20(19)16-21-7-8-24(32-21)25(31)29-11-6-13-30-14-12-28-18-30/h7-8,12,14-15,17-18H,6,9-11,13,16H2,1-5H3,(H,29,31)/p+1. The zero-order chi connectivity index (χ0) is 22.9. The number of rotatable bonds is 7. The number of carbonyl (C=O) groups excluding carboxylic acids is 1. The number of aryl methyl sites for hydroxylation is 2. The molecule has 5 heteroatoms. The molecular weight excluding hydrogens is 398 g/mol. The fourth-order valence-electron chi connectivity index (χ4n) is 4.75. The van der Waals surface area contributed by atoms with Crippen LogP contribution in [0.3, 0.4) is 0 Å². The van der Waals surface area contributed by atoms with Crippen LogP contribution in [0.5, 0.6) is 0 Å². The third-order valence-corrected chi connectivity index (χ3v) is 7.04. The van der Waals surface area contributed by atoms with Gasteiger partial charge in [0.25, 0.3) is 5.91 Å². The van der Waals surface area contributed by atoms with Crippen LogP contribution in [0.25, 0.3) is 0 Å². The summed E-state index contributed by atoms with van der Waals surface area (Å²) in [5.41, 5.74) is 5.90. The summed E-state index contributed by atoms with van der Waals surface area (Å²) in [6.45, 7) is 13.1. The van der Waals surface area contributed by atoms with Crippen LogP contribution in [-0.2, 0) is 23.8 Å². The number of hydrogen-bond acceptors (Lipinski definition) is 2. The Morgan fingerprint density at radius 2 is 1.84 bits per heavy atom. The minimum Gasteiger partial charge on any atom is -0.456 e. The van der Waals surface area contributed by atoms with Crippen molar-refractivity contribution >= 4 is 5.91 Å². The second-order valence-electron chi connectivity index (χ2n) is 10.5. The number of furan rings is 1. The highest BCUT2D eigenvalue weighted by atomic mass is 16.3. The number of aromatic amines is 1. The van der Waals surface area contributed by atoms with E-state index in [2.05, 4.69) is 61.6 Å². The number of benzene rings is 1. The van der Waals surface area contributed by atoms with Gasteiger partial charge in [-0.2, -0.15) is 0 Å². The summed E-state index contributed by atoms with van der Waals surface area (Å²) in [5, 5.41) is 2.95. The van der Waals surface area contributed by atoms with Crippen LogP contribution in [0.1, 0.15) is 85.5 Å². The molecule has 1 amide bonds. The first-order chi connectivity index (χ1) is 15.2. The molecule has 2 aromatic heterocycles. The van der Waals surface area contributed by atoms with Gasteiger partial charge in [0, 0.05) is 19.4 Å². The summed E-state index contributed by atoms with van der Waals surface area (Å²) in [5.74, 6) is 1.06. The Labute approximate surface area is 191 Å². The van der Waals surface area contributed by atoms with Crippen molar-refractivity contribution in [2.75, 3.05) is 6.54 Å². The zero-order valence-electron chi connectivity index (χ0n) is 20.0. The Kier molecular flexibility index (Phi) is 6.02. The number of imidazole rings is 1. The molecule has 2 heterocycles. The summed E-state index contributed by atoms with van der Waals surface area (Å²) < 4.78 is 7.98. The van der Waals surface area contributed by atoms with Crippen LogP contribution in [0, 0.1) is 6.92 Å². The van der Waals surface area contributed by atoms with E-state index in [1.807, 2.05) is 24.8 Å². The summed E-state index contributed by atoms with van der Waals surface area (Å²) >= 11 is 0. The van der Waals surface area contributed by atoms with Gasteiger partial charge in [-0.15, -0.1) is 0 Å². The topological polar surface area (TPSA) is 61.9 Å². The Morgan fingerprint density at radius 1 is 1.12 bits per heavy atom. The molecule has 0 atom stereocenters. The monoisotopic (exact) mass is 434 g/mol. The Balaban J connectivity index is 1.42. The molecule has 0 saturated carbocycles. The number of fused-ring (bicyclic) bond motifs is 1. The van der Waals surface area contributed by atoms with Crippen LogP contribution >= 0.6 is 0 Å². The lowest BCUT2D eigenvalue weighted by atomic mass is 9.62. The fourth-order valence-corrected chi connectivity index (χ4v) is 4.75. The van der Waals surface area contributed by atoms with Gasteiger partial charge in [-0.3, -0.25) is 9.78 Å². The first kappa shape index (κ1) is 22.4. The van der Waals surface area contributed by atoms with Crippen LogP contribution in [-0.4, -0.2) is 17.4 Å². The van der Waals surface area contributed by atoms with Gasteiger partial charge in [0.15, 0.2) is 5.76 Å². The smallest absolute Gasteiger partial charge is 0.286 e. The molecule has 0 radical (unpaired) electrons. The summed E-state index contributed by atoms with van der Waals surface area (Å²) in [7, 11) is 0. The average molecular weight is 435 g/mol. The maximum Gasteiger partial charge on any atom is 0.286 e. The van der Waals surface area contributed by atoms with Gasteiger partial charge >= 0.3 is 0 Å².